The van der Waals surface area contributed by atoms with Crippen LogP contribution in [0.3, 0.4) is 0 Å². The van der Waals surface area contributed by atoms with Crippen molar-refractivity contribution < 1.29 is 19.7 Å². The lowest BCUT2D eigenvalue weighted by Crippen LogP contribution is -2.20. The quantitative estimate of drug-likeness (QED) is 0.108. The van der Waals surface area contributed by atoms with Crippen LogP contribution in [-0.4, -0.2) is 23.4 Å². The molecule has 294 valence electrons. The number of hydrogen-bond acceptors (Lipinski definition) is 4. The molecule has 0 heterocycles. The first kappa shape index (κ1) is 39.1. The van der Waals surface area contributed by atoms with Crippen molar-refractivity contribution in [3.05, 3.63) is 181 Å². The van der Waals surface area contributed by atoms with Crippen LogP contribution < -0.4 is 9.47 Å². The molecule has 0 saturated heterocycles. The van der Waals surface area contributed by atoms with E-state index < -0.39 is 0 Å². The molecular formula is C55H50O4. The highest BCUT2D eigenvalue weighted by Gasteiger charge is 2.21. The molecule has 0 aliphatic heterocycles. The Morgan fingerprint density at radius 3 is 1.59 bits per heavy atom. The number of aryl methyl sites for hydroxylation is 3. The number of aromatic hydroxyl groups is 2. The summed E-state index contributed by atoms with van der Waals surface area (Å²) in [6.07, 6.45) is 4.50. The molecule has 0 spiro atoms. The topological polar surface area (TPSA) is 58.9 Å². The second-order valence-electron chi connectivity index (χ2n) is 15.4. The average Bonchev–Trinajstić information content (AvgIpc) is 3.26. The highest BCUT2D eigenvalue weighted by Crippen LogP contribution is 2.46. The number of allylic oxidation sites excluding steroid dienone is 1. The van der Waals surface area contributed by atoms with Gasteiger partial charge in [0.25, 0.3) is 0 Å². The van der Waals surface area contributed by atoms with Crippen LogP contribution in [0.15, 0.2) is 164 Å². The van der Waals surface area contributed by atoms with Crippen molar-refractivity contribution in [2.45, 2.75) is 40.0 Å². The third kappa shape index (κ3) is 7.91. The normalized spacial score (nSPS) is 11.8. The van der Waals surface area contributed by atoms with Crippen LogP contribution in [0, 0.1) is 19.8 Å². The number of phenolic OH excluding ortho intramolecular Hbond substituents is 2. The molecule has 8 rings (SSSR count). The van der Waals surface area contributed by atoms with Crippen molar-refractivity contribution in [2.75, 3.05) is 13.2 Å². The predicted octanol–water partition coefficient (Wildman–Crippen LogP) is 14.3. The summed E-state index contributed by atoms with van der Waals surface area (Å²) in [7, 11) is 0. The lowest BCUT2D eigenvalue weighted by Gasteiger charge is -2.21. The first-order valence-electron chi connectivity index (χ1n) is 20.6. The number of rotatable bonds is 14. The van der Waals surface area contributed by atoms with E-state index in [9.17, 15) is 10.2 Å². The first-order chi connectivity index (χ1) is 28.9. The molecule has 1 unspecified atom stereocenters. The Bertz CT molecular complexity index is 2800. The van der Waals surface area contributed by atoms with Crippen LogP contribution >= 0.6 is 0 Å². The molecular weight excluding hydrogens is 725 g/mol. The predicted molar refractivity (Wildman–Crippen MR) is 246 cm³/mol. The molecule has 1 atom stereocenters. The van der Waals surface area contributed by atoms with Gasteiger partial charge in [-0.2, -0.15) is 0 Å². The number of phenols is 2. The van der Waals surface area contributed by atoms with Crippen LogP contribution in [0.25, 0.3) is 66.1 Å². The van der Waals surface area contributed by atoms with Crippen molar-refractivity contribution in [3.63, 3.8) is 0 Å². The summed E-state index contributed by atoms with van der Waals surface area (Å²) in [6.45, 7) is 11.2. The average molecular weight is 775 g/mol. The minimum Gasteiger partial charge on any atom is -0.507 e. The van der Waals surface area contributed by atoms with Crippen LogP contribution in [0.1, 0.15) is 36.5 Å². The summed E-state index contributed by atoms with van der Waals surface area (Å²) in [6, 6.07) is 51.2. The second-order valence-corrected chi connectivity index (χ2v) is 15.4. The van der Waals surface area contributed by atoms with Crippen LogP contribution in [0.5, 0.6) is 23.0 Å². The van der Waals surface area contributed by atoms with E-state index in [1.807, 2.05) is 97.1 Å². The minimum absolute atomic E-state index is 0.0275. The van der Waals surface area contributed by atoms with E-state index in [0.717, 1.165) is 84.5 Å². The molecule has 0 bridgehead atoms. The fraction of sp³-hybridized carbons (Fsp3) is 0.164. The molecule has 0 aliphatic rings. The number of fused-ring (bicyclic) bond motifs is 2. The molecule has 0 fully saturated rings. The molecule has 0 amide bonds. The van der Waals surface area contributed by atoms with Gasteiger partial charge >= 0.3 is 0 Å². The van der Waals surface area contributed by atoms with Gasteiger partial charge in [0.1, 0.15) is 23.0 Å². The largest absolute Gasteiger partial charge is 0.507 e. The Morgan fingerprint density at radius 2 is 1.02 bits per heavy atom. The van der Waals surface area contributed by atoms with Gasteiger partial charge in [0.15, 0.2) is 0 Å². The maximum Gasteiger partial charge on any atom is 0.131 e. The summed E-state index contributed by atoms with van der Waals surface area (Å²) < 4.78 is 13.3. The maximum absolute atomic E-state index is 12.1. The molecule has 2 N–H and O–H groups in total. The lowest BCUT2D eigenvalue weighted by atomic mass is 9.90. The molecule has 59 heavy (non-hydrogen) atoms. The van der Waals surface area contributed by atoms with E-state index in [4.69, 9.17) is 9.47 Å². The summed E-state index contributed by atoms with van der Waals surface area (Å²) in [4.78, 5) is 0. The van der Waals surface area contributed by atoms with Gasteiger partial charge in [-0.3, -0.25) is 0 Å². The molecule has 4 heteroatoms. The SMILES string of the molecule is C=CCC(COc1ccccc1-c1cccc(-c2c(C)ccc3ccccc23)c1O)COc1ccc(CCC)cc1-c1cccc(-c2c(C)ccc3ccccc23)c1O. The Balaban J connectivity index is 1.07. The zero-order chi connectivity index (χ0) is 40.9. The van der Waals surface area contributed by atoms with Gasteiger partial charge in [0.05, 0.1) is 13.2 Å². The molecule has 8 aromatic carbocycles. The molecule has 4 nitrogen and oxygen atoms in total. The van der Waals surface area contributed by atoms with E-state index in [2.05, 4.69) is 88.0 Å². The van der Waals surface area contributed by atoms with Gasteiger partial charge in [-0.05, 0) is 94.3 Å². The zero-order valence-corrected chi connectivity index (χ0v) is 34.0. The van der Waals surface area contributed by atoms with E-state index in [-0.39, 0.29) is 17.4 Å². The molecule has 0 aliphatic carbocycles. The Hall–Kier alpha value is -6.78. The van der Waals surface area contributed by atoms with Crippen molar-refractivity contribution in [2.24, 2.45) is 5.92 Å². The maximum atomic E-state index is 12.1. The van der Waals surface area contributed by atoms with Crippen LogP contribution in [-0.2, 0) is 6.42 Å². The van der Waals surface area contributed by atoms with E-state index >= 15 is 0 Å². The van der Waals surface area contributed by atoms with E-state index in [1.54, 1.807) is 0 Å². The minimum atomic E-state index is -0.0275. The van der Waals surface area contributed by atoms with Gasteiger partial charge in [-0.15, -0.1) is 6.58 Å². The Kier molecular flexibility index (Phi) is 11.5. The van der Waals surface area contributed by atoms with Gasteiger partial charge in [-0.25, -0.2) is 0 Å². The van der Waals surface area contributed by atoms with Gasteiger partial charge in [0.2, 0.25) is 0 Å². The summed E-state index contributed by atoms with van der Waals surface area (Å²) in [5, 5.41) is 28.4. The molecule has 0 radical (unpaired) electrons. The monoisotopic (exact) mass is 774 g/mol. The van der Waals surface area contributed by atoms with Crippen LogP contribution in [0.2, 0.25) is 0 Å². The molecule has 0 aromatic heterocycles. The van der Waals surface area contributed by atoms with Gasteiger partial charge in [0, 0.05) is 39.3 Å². The zero-order valence-electron chi connectivity index (χ0n) is 34.0. The Labute approximate surface area is 347 Å². The van der Waals surface area contributed by atoms with Crippen molar-refractivity contribution in [3.8, 4) is 67.5 Å². The van der Waals surface area contributed by atoms with E-state index in [1.165, 1.54) is 5.56 Å². The third-order valence-corrected chi connectivity index (χ3v) is 11.4. The standard InChI is InChI=1S/C55H50O4/c1-5-15-38-29-32-51(49(33-38)46-23-14-25-48(55(46)57)53-37(4)28-31-41-18-8-10-20-43(41)53)59-35-39(16-6-2)34-58-50-26-12-11-21-44(50)45-22-13-24-47(54(45)56)52-36(3)27-30-40-17-7-9-19-42(40)52/h6-14,17-33,39,56-57H,2,5,15-16,34-35H2,1,3-4H3. The number of ether oxygens (including phenoxy) is 2. The second kappa shape index (κ2) is 17.4. The Morgan fingerprint density at radius 1 is 0.525 bits per heavy atom. The lowest BCUT2D eigenvalue weighted by molar-refractivity contribution is 0.179. The summed E-state index contributed by atoms with van der Waals surface area (Å²) in [5.41, 5.74) is 10.1. The van der Waals surface area contributed by atoms with Crippen molar-refractivity contribution >= 4 is 21.5 Å². The third-order valence-electron chi connectivity index (χ3n) is 11.4. The smallest absolute Gasteiger partial charge is 0.131 e. The highest BCUT2D eigenvalue weighted by molar-refractivity contribution is 6.02. The fourth-order valence-electron chi connectivity index (χ4n) is 8.41. The first-order valence-corrected chi connectivity index (χ1v) is 20.6. The van der Waals surface area contributed by atoms with Crippen molar-refractivity contribution in [1.29, 1.82) is 0 Å². The highest BCUT2D eigenvalue weighted by atomic mass is 16.5. The number of hydrogen-bond donors (Lipinski definition) is 2. The molecule has 8 aromatic rings. The summed E-state index contributed by atoms with van der Waals surface area (Å²) in [5.74, 6) is 1.80. The molecule has 0 saturated carbocycles. The summed E-state index contributed by atoms with van der Waals surface area (Å²) >= 11 is 0. The van der Waals surface area contributed by atoms with Gasteiger partial charge < -0.3 is 19.7 Å². The number of para-hydroxylation sites is 3. The van der Waals surface area contributed by atoms with Crippen LogP contribution in [0.4, 0.5) is 0 Å². The number of benzene rings is 8. The van der Waals surface area contributed by atoms with Gasteiger partial charge in [-0.1, -0.05) is 153 Å². The fourth-order valence-corrected chi connectivity index (χ4v) is 8.41. The van der Waals surface area contributed by atoms with Crippen molar-refractivity contribution in [1.82, 2.24) is 0 Å². The van der Waals surface area contributed by atoms with E-state index in [0.29, 0.717) is 36.7 Å².